The fourth-order valence-electron chi connectivity index (χ4n) is 4.61. The number of pyridine rings is 1. The average molecular weight is 486 g/mol. The van der Waals surface area contributed by atoms with Crippen molar-refractivity contribution in [3.8, 4) is 0 Å². The first-order chi connectivity index (χ1) is 16.3. The highest BCUT2D eigenvalue weighted by atomic mass is 32.2. The number of rotatable bonds is 7. The highest BCUT2D eigenvalue weighted by Gasteiger charge is 2.29. The van der Waals surface area contributed by atoms with E-state index < -0.39 is 10.0 Å². The number of nitrogens with zero attached hydrogens (tertiary/aromatic N) is 4. The highest BCUT2D eigenvalue weighted by Crippen LogP contribution is 2.26. The second kappa shape index (κ2) is 10.8. The first-order valence-electron chi connectivity index (χ1n) is 12.1. The summed E-state index contributed by atoms with van der Waals surface area (Å²) >= 11 is 0. The van der Waals surface area contributed by atoms with E-state index in [0.717, 1.165) is 63.2 Å². The van der Waals surface area contributed by atoms with Crippen LogP contribution in [0.1, 0.15) is 48.0 Å². The maximum absolute atomic E-state index is 13.0. The van der Waals surface area contributed by atoms with Gasteiger partial charge in [0.05, 0.1) is 4.90 Å². The molecule has 184 valence electrons. The zero-order valence-corrected chi connectivity index (χ0v) is 20.9. The van der Waals surface area contributed by atoms with E-state index in [2.05, 4.69) is 27.1 Å². The van der Waals surface area contributed by atoms with Crippen LogP contribution in [0.3, 0.4) is 0 Å². The molecule has 1 saturated heterocycles. The lowest BCUT2D eigenvalue weighted by Crippen LogP contribution is -2.44. The molecule has 2 heterocycles. The third kappa shape index (κ3) is 5.76. The molecule has 1 aliphatic carbocycles. The van der Waals surface area contributed by atoms with Crippen molar-refractivity contribution in [2.24, 2.45) is 0 Å². The van der Waals surface area contributed by atoms with Crippen LogP contribution in [0.15, 0.2) is 47.5 Å². The second-order valence-corrected chi connectivity index (χ2v) is 11.3. The third-order valence-electron chi connectivity index (χ3n) is 6.97. The van der Waals surface area contributed by atoms with Crippen LogP contribution in [0.2, 0.25) is 0 Å². The van der Waals surface area contributed by atoms with Crippen LogP contribution in [-0.2, 0) is 16.6 Å². The Morgan fingerprint density at radius 3 is 2.32 bits per heavy atom. The molecule has 8 nitrogen and oxygen atoms in total. The number of hydrogen-bond donors (Lipinski definition) is 1. The van der Waals surface area contributed by atoms with E-state index in [4.69, 9.17) is 0 Å². The topological polar surface area (TPSA) is 85.8 Å². The van der Waals surface area contributed by atoms with E-state index in [1.54, 1.807) is 25.4 Å². The summed E-state index contributed by atoms with van der Waals surface area (Å²) in [5, 5.41) is 2.89. The van der Waals surface area contributed by atoms with Gasteiger partial charge in [-0.3, -0.25) is 4.79 Å². The number of aromatic nitrogens is 1. The Labute approximate surface area is 203 Å². The molecule has 1 saturated carbocycles. The average Bonchev–Trinajstić information content (AvgIpc) is 2.88. The molecule has 34 heavy (non-hydrogen) atoms. The summed E-state index contributed by atoms with van der Waals surface area (Å²) < 4.78 is 27.5. The molecule has 1 aromatic heterocycles. The van der Waals surface area contributed by atoms with Crippen LogP contribution in [0.25, 0.3) is 0 Å². The molecule has 9 heteroatoms. The number of benzene rings is 1. The number of piperazine rings is 1. The van der Waals surface area contributed by atoms with Crippen molar-refractivity contribution in [3.05, 3.63) is 53.7 Å². The minimum atomic E-state index is -3.57. The molecule has 0 spiro atoms. The van der Waals surface area contributed by atoms with Gasteiger partial charge in [0.1, 0.15) is 5.82 Å². The maximum atomic E-state index is 13.0. The molecule has 0 radical (unpaired) electrons. The quantitative estimate of drug-likeness (QED) is 0.649. The zero-order valence-electron chi connectivity index (χ0n) is 20.1. The molecule has 1 N–H and O–H groups in total. The number of likely N-dealkylation sites (N-methyl/N-ethyl adjacent to an activating group) is 1. The van der Waals surface area contributed by atoms with Gasteiger partial charge in [0.2, 0.25) is 10.0 Å². The number of sulfonamides is 1. The van der Waals surface area contributed by atoms with Gasteiger partial charge in [0.25, 0.3) is 5.91 Å². The summed E-state index contributed by atoms with van der Waals surface area (Å²) in [5.74, 6) is 0.714. The van der Waals surface area contributed by atoms with Crippen LogP contribution >= 0.6 is 0 Å². The third-order valence-corrected chi connectivity index (χ3v) is 8.90. The van der Waals surface area contributed by atoms with E-state index in [1.165, 1.54) is 22.9 Å². The van der Waals surface area contributed by atoms with E-state index in [0.29, 0.717) is 12.1 Å². The van der Waals surface area contributed by atoms with Gasteiger partial charge in [-0.25, -0.2) is 13.4 Å². The van der Waals surface area contributed by atoms with Crippen molar-refractivity contribution in [1.29, 1.82) is 0 Å². The molecule has 0 unspecified atom stereocenters. The van der Waals surface area contributed by atoms with Gasteiger partial charge in [0.15, 0.2) is 0 Å². The monoisotopic (exact) mass is 485 g/mol. The van der Waals surface area contributed by atoms with E-state index in [1.807, 2.05) is 12.1 Å². The smallest absolute Gasteiger partial charge is 0.251 e. The van der Waals surface area contributed by atoms with Crippen molar-refractivity contribution < 1.29 is 13.2 Å². The summed E-state index contributed by atoms with van der Waals surface area (Å²) in [6.07, 6.45) is 6.91. The van der Waals surface area contributed by atoms with E-state index in [9.17, 15) is 13.2 Å². The molecule has 0 atom stereocenters. The van der Waals surface area contributed by atoms with Crippen LogP contribution in [0, 0.1) is 0 Å². The van der Waals surface area contributed by atoms with Crippen molar-refractivity contribution >= 4 is 21.7 Å². The van der Waals surface area contributed by atoms with Crippen molar-refractivity contribution in [2.75, 3.05) is 45.2 Å². The first kappa shape index (κ1) is 24.6. The highest BCUT2D eigenvalue weighted by molar-refractivity contribution is 7.89. The molecule has 1 aromatic carbocycles. The first-order valence-corrected chi connectivity index (χ1v) is 13.5. The van der Waals surface area contributed by atoms with Gasteiger partial charge >= 0.3 is 0 Å². The number of amides is 1. The largest absolute Gasteiger partial charge is 0.354 e. The molecule has 4 rings (SSSR count). The van der Waals surface area contributed by atoms with Crippen molar-refractivity contribution in [2.45, 2.75) is 49.6 Å². The molecule has 2 aliphatic rings. The number of hydrogen-bond acceptors (Lipinski definition) is 6. The summed E-state index contributed by atoms with van der Waals surface area (Å²) in [6.45, 7) is 4.33. The Balaban J connectivity index is 1.32. The Bertz CT molecular complexity index is 1060. The molecule has 1 amide bonds. The van der Waals surface area contributed by atoms with Gasteiger partial charge in [-0.05, 0) is 55.8 Å². The van der Waals surface area contributed by atoms with Gasteiger partial charge < -0.3 is 15.1 Å². The predicted octanol–water partition coefficient (Wildman–Crippen LogP) is 2.72. The minimum absolute atomic E-state index is 0.0537. The predicted molar refractivity (Wildman–Crippen MR) is 133 cm³/mol. The summed E-state index contributed by atoms with van der Waals surface area (Å²) in [5.41, 5.74) is 1.35. The Morgan fingerprint density at radius 2 is 1.71 bits per heavy atom. The van der Waals surface area contributed by atoms with Crippen molar-refractivity contribution in [3.63, 3.8) is 0 Å². The lowest BCUT2D eigenvalue weighted by molar-refractivity contribution is 0.0950. The minimum Gasteiger partial charge on any atom is -0.354 e. The number of nitrogens with one attached hydrogen (secondary N) is 1. The normalized spacial score (nSPS) is 18.3. The lowest BCUT2D eigenvalue weighted by atomic mass is 9.96. The lowest BCUT2D eigenvalue weighted by Gasteiger charge is -2.33. The Kier molecular flexibility index (Phi) is 7.85. The Morgan fingerprint density at radius 1 is 1.03 bits per heavy atom. The van der Waals surface area contributed by atoms with Crippen molar-refractivity contribution in [1.82, 2.24) is 19.5 Å². The van der Waals surface area contributed by atoms with Crippen LogP contribution in [-0.4, -0.2) is 74.8 Å². The van der Waals surface area contributed by atoms with Crippen LogP contribution in [0.4, 0.5) is 5.82 Å². The molecular formula is C25H35N5O3S. The van der Waals surface area contributed by atoms with Crippen LogP contribution < -0.4 is 10.2 Å². The number of carbonyl (C=O) groups excluding carboxylic acids is 1. The van der Waals surface area contributed by atoms with Gasteiger partial charge in [-0.2, -0.15) is 4.31 Å². The molecule has 2 aromatic rings. The molecular weight excluding hydrogens is 450 g/mol. The van der Waals surface area contributed by atoms with Gasteiger partial charge in [-0.15, -0.1) is 0 Å². The fraction of sp³-hybridized carbons (Fsp3) is 0.520. The van der Waals surface area contributed by atoms with Gasteiger partial charge in [-0.1, -0.05) is 25.3 Å². The van der Waals surface area contributed by atoms with E-state index in [-0.39, 0.29) is 16.8 Å². The van der Waals surface area contributed by atoms with Crippen LogP contribution in [0.5, 0.6) is 0 Å². The fourth-order valence-corrected chi connectivity index (χ4v) is 6.03. The zero-order chi connectivity index (χ0) is 24.1. The number of anilines is 1. The SMILES string of the molecule is CN1CCN(c2ccc(CNC(=O)c3ccc(S(=O)(=O)N(C)C4CCCCC4)cc3)cn2)CC1. The summed E-state index contributed by atoms with van der Waals surface area (Å²) in [6, 6.07) is 10.2. The molecule has 0 bridgehead atoms. The van der Waals surface area contributed by atoms with Gasteiger partial charge in [0, 0.05) is 57.6 Å². The van der Waals surface area contributed by atoms with E-state index >= 15 is 0 Å². The summed E-state index contributed by atoms with van der Waals surface area (Å²) in [4.78, 5) is 22.0. The second-order valence-electron chi connectivity index (χ2n) is 9.34. The number of carbonyl (C=O) groups is 1. The molecule has 1 aliphatic heterocycles. The summed E-state index contributed by atoms with van der Waals surface area (Å²) in [7, 11) is 0.219. The molecule has 2 fully saturated rings. The Hall–Kier alpha value is -2.49. The maximum Gasteiger partial charge on any atom is 0.251 e. The standard InChI is InChI=1S/C25H35N5O3S/c1-28-14-16-30(17-15-28)24-13-8-20(18-26-24)19-27-25(31)21-9-11-23(12-10-21)34(32,33)29(2)22-6-4-3-5-7-22/h8-13,18,22H,3-7,14-17,19H2,1-2H3,(H,27,31).